The van der Waals surface area contributed by atoms with Gasteiger partial charge in [-0.2, -0.15) is 0 Å². The largest absolute Gasteiger partial charge is 0.455 e. The smallest absolute Gasteiger partial charge is 0.261 e. The van der Waals surface area contributed by atoms with E-state index in [0.29, 0.717) is 27.4 Å². The van der Waals surface area contributed by atoms with Crippen molar-refractivity contribution in [2.75, 3.05) is 5.32 Å². The Morgan fingerprint density at radius 3 is 2.55 bits per heavy atom. The molecule has 0 aliphatic carbocycles. The van der Waals surface area contributed by atoms with Gasteiger partial charge in [0.2, 0.25) is 0 Å². The summed E-state index contributed by atoms with van der Waals surface area (Å²) in [5.74, 6) is 0.125. The monoisotopic (exact) mass is 404 g/mol. The Labute approximate surface area is 172 Å². The first-order valence-electron chi connectivity index (χ1n) is 9.39. The summed E-state index contributed by atoms with van der Waals surface area (Å²) >= 11 is 1.44. The minimum Gasteiger partial charge on any atom is -0.455 e. The van der Waals surface area contributed by atoms with Gasteiger partial charge in [0.25, 0.3) is 5.91 Å². The minimum absolute atomic E-state index is 0.141. The average Bonchev–Trinajstić information content (AvgIpc) is 3.09. The van der Waals surface area contributed by atoms with Gasteiger partial charge in [-0.05, 0) is 32.4 Å². The lowest BCUT2D eigenvalue weighted by molar-refractivity contribution is 0.102. The van der Waals surface area contributed by atoms with Crippen LogP contribution in [0.15, 0.2) is 57.7 Å². The van der Waals surface area contributed by atoms with Gasteiger partial charge in [0.15, 0.2) is 16.1 Å². The number of anilines is 1. The molecule has 1 N–H and O–H groups in total. The molecule has 0 atom stereocenters. The van der Waals surface area contributed by atoms with Gasteiger partial charge in [-0.25, -0.2) is 4.98 Å². The van der Waals surface area contributed by atoms with Crippen molar-refractivity contribution in [2.24, 2.45) is 0 Å². The molecule has 4 rings (SSSR count). The van der Waals surface area contributed by atoms with Crippen LogP contribution in [-0.4, -0.2) is 10.9 Å². The van der Waals surface area contributed by atoms with Crippen LogP contribution in [0.25, 0.3) is 22.3 Å². The van der Waals surface area contributed by atoms with Crippen molar-refractivity contribution in [3.05, 3.63) is 80.5 Å². The zero-order valence-corrected chi connectivity index (χ0v) is 17.2. The standard InChI is InChI=1S/C23H20N2O3S/c1-4-18-14(3)29-23(24-18)25-22(27)17-12-8-11-16-19(26)13(2)20(28-21(16)17)15-9-6-5-7-10-15/h5-12H,4H2,1-3H3,(H,24,25,27). The fourth-order valence-electron chi connectivity index (χ4n) is 3.33. The first-order valence-corrected chi connectivity index (χ1v) is 10.2. The number of hydrogen-bond acceptors (Lipinski definition) is 5. The summed E-state index contributed by atoms with van der Waals surface area (Å²) in [6.07, 6.45) is 0.807. The van der Waals surface area contributed by atoms with Gasteiger partial charge in [-0.3, -0.25) is 14.9 Å². The van der Waals surface area contributed by atoms with E-state index in [9.17, 15) is 9.59 Å². The third-order valence-electron chi connectivity index (χ3n) is 4.87. The number of carbonyl (C=O) groups is 1. The molecule has 0 bridgehead atoms. The minimum atomic E-state index is -0.349. The van der Waals surface area contributed by atoms with Crippen molar-refractivity contribution >= 4 is 33.3 Å². The molecule has 6 heteroatoms. The Balaban J connectivity index is 1.83. The van der Waals surface area contributed by atoms with E-state index in [-0.39, 0.29) is 16.9 Å². The second-order valence-corrected chi connectivity index (χ2v) is 7.97. The number of fused-ring (bicyclic) bond motifs is 1. The molecule has 2 aromatic heterocycles. The summed E-state index contributed by atoms with van der Waals surface area (Å²) in [4.78, 5) is 31.5. The summed E-state index contributed by atoms with van der Waals surface area (Å²) in [5.41, 5.74) is 2.73. The highest BCUT2D eigenvalue weighted by molar-refractivity contribution is 7.15. The third kappa shape index (κ3) is 3.47. The Kier molecular flexibility index (Phi) is 5.03. The summed E-state index contributed by atoms with van der Waals surface area (Å²) in [6, 6.07) is 14.5. The molecule has 146 valence electrons. The van der Waals surface area contributed by atoms with Crippen LogP contribution >= 0.6 is 11.3 Å². The van der Waals surface area contributed by atoms with E-state index < -0.39 is 0 Å². The van der Waals surface area contributed by atoms with Crippen LogP contribution in [0.2, 0.25) is 0 Å². The molecule has 2 heterocycles. The topological polar surface area (TPSA) is 72.2 Å². The summed E-state index contributed by atoms with van der Waals surface area (Å²) in [6.45, 7) is 5.75. The first-order chi connectivity index (χ1) is 14.0. The summed E-state index contributed by atoms with van der Waals surface area (Å²) in [5, 5.41) is 3.77. The third-order valence-corrected chi connectivity index (χ3v) is 5.80. The zero-order chi connectivity index (χ0) is 20.5. The van der Waals surface area contributed by atoms with Crippen molar-refractivity contribution in [1.29, 1.82) is 0 Å². The molecule has 0 saturated heterocycles. The van der Waals surface area contributed by atoms with Crippen LogP contribution < -0.4 is 10.7 Å². The molecule has 0 radical (unpaired) electrons. The highest BCUT2D eigenvalue weighted by Gasteiger charge is 2.19. The van der Waals surface area contributed by atoms with Crippen molar-refractivity contribution in [1.82, 2.24) is 4.98 Å². The molecule has 29 heavy (non-hydrogen) atoms. The summed E-state index contributed by atoms with van der Waals surface area (Å²) < 4.78 is 6.12. The van der Waals surface area contributed by atoms with Gasteiger partial charge in [0.05, 0.1) is 16.6 Å². The average molecular weight is 404 g/mol. The lowest BCUT2D eigenvalue weighted by Crippen LogP contribution is -2.15. The molecule has 2 aromatic carbocycles. The predicted octanol–water partition coefficient (Wildman–Crippen LogP) is 5.35. The first kappa shape index (κ1) is 19.1. The molecule has 0 spiro atoms. The van der Waals surface area contributed by atoms with Crippen LogP contribution in [0.3, 0.4) is 0 Å². The fraction of sp³-hybridized carbons (Fsp3) is 0.174. The maximum Gasteiger partial charge on any atom is 0.261 e. The molecule has 1 amide bonds. The van der Waals surface area contributed by atoms with Crippen molar-refractivity contribution in [3.63, 3.8) is 0 Å². The molecular formula is C23H20N2O3S. The van der Waals surface area contributed by atoms with Gasteiger partial charge in [-0.15, -0.1) is 11.3 Å². The van der Waals surface area contributed by atoms with E-state index in [0.717, 1.165) is 22.6 Å². The second-order valence-electron chi connectivity index (χ2n) is 6.76. The number of para-hydroxylation sites is 1. The zero-order valence-electron chi connectivity index (χ0n) is 16.4. The lowest BCUT2D eigenvalue weighted by atomic mass is 10.0. The van der Waals surface area contributed by atoms with Crippen LogP contribution in [-0.2, 0) is 6.42 Å². The van der Waals surface area contributed by atoms with Crippen LogP contribution in [0.5, 0.6) is 0 Å². The van der Waals surface area contributed by atoms with E-state index in [1.165, 1.54) is 11.3 Å². The number of carbonyl (C=O) groups excluding carboxylic acids is 1. The number of thiazole rings is 1. The van der Waals surface area contributed by atoms with Crippen LogP contribution in [0.1, 0.15) is 33.4 Å². The van der Waals surface area contributed by atoms with Crippen molar-refractivity contribution in [2.45, 2.75) is 27.2 Å². The number of amides is 1. The fourth-order valence-corrected chi connectivity index (χ4v) is 4.22. The van der Waals surface area contributed by atoms with E-state index in [4.69, 9.17) is 4.42 Å². The van der Waals surface area contributed by atoms with Gasteiger partial charge in [-0.1, -0.05) is 43.3 Å². The van der Waals surface area contributed by atoms with Gasteiger partial charge in [0.1, 0.15) is 5.76 Å². The number of benzene rings is 2. The number of aryl methyl sites for hydroxylation is 2. The number of nitrogens with zero attached hydrogens (tertiary/aromatic N) is 1. The quantitative estimate of drug-likeness (QED) is 0.498. The predicted molar refractivity (Wildman–Crippen MR) is 117 cm³/mol. The lowest BCUT2D eigenvalue weighted by Gasteiger charge is -2.10. The normalized spacial score (nSPS) is 11.0. The Morgan fingerprint density at radius 2 is 1.86 bits per heavy atom. The SMILES string of the molecule is CCc1nc(NC(=O)c2cccc3c(=O)c(C)c(-c4ccccc4)oc23)sc1C. The second kappa shape index (κ2) is 7.64. The van der Waals surface area contributed by atoms with E-state index in [2.05, 4.69) is 10.3 Å². The molecule has 4 aromatic rings. The number of rotatable bonds is 4. The summed E-state index contributed by atoms with van der Waals surface area (Å²) in [7, 11) is 0. The molecule has 0 unspecified atom stereocenters. The van der Waals surface area contributed by atoms with Gasteiger partial charge in [0, 0.05) is 16.0 Å². The highest BCUT2D eigenvalue weighted by Crippen LogP contribution is 2.28. The van der Waals surface area contributed by atoms with Crippen LogP contribution in [0.4, 0.5) is 5.13 Å². The van der Waals surface area contributed by atoms with Gasteiger partial charge >= 0.3 is 0 Å². The Morgan fingerprint density at radius 1 is 1.10 bits per heavy atom. The maximum atomic E-state index is 13.0. The highest BCUT2D eigenvalue weighted by atomic mass is 32.1. The number of nitrogens with one attached hydrogen (secondary N) is 1. The Bertz CT molecular complexity index is 1270. The van der Waals surface area contributed by atoms with Crippen molar-refractivity contribution in [3.8, 4) is 11.3 Å². The van der Waals surface area contributed by atoms with Crippen molar-refractivity contribution < 1.29 is 9.21 Å². The van der Waals surface area contributed by atoms with Crippen LogP contribution in [0, 0.1) is 13.8 Å². The maximum absolute atomic E-state index is 13.0. The molecule has 0 aliphatic heterocycles. The molecule has 0 aliphatic rings. The molecule has 0 saturated carbocycles. The van der Waals surface area contributed by atoms with E-state index in [1.807, 2.05) is 44.2 Å². The Hall–Kier alpha value is -3.25. The molecule has 5 nitrogen and oxygen atoms in total. The number of hydrogen-bond donors (Lipinski definition) is 1. The molecular weight excluding hydrogens is 384 g/mol. The van der Waals surface area contributed by atoms with E-state index in [1.54, 1.807) is 25.1 Å². The van der Waals surface area contributed by atoms with E-state index >= 15 is 0 Å². The molecule has 0 fully saturated rings. The van der Waals surface area contributed by atoms with Gasteiger partial charge < -0.3 is 4.42 Å². The number of aromatic nitrogens is 1.